The van der Waals surface area contributed by atoms with Gasteiger partial charge in [-0.1, -0.05) is 34.8 Å². The number of carbonyl (C=O) groups is 2. The summed E-state index contributed by atoms with van der Waals surface area (Å²) in [5.74, 6) is -0.889. The van der Waals surface area contributed by atoms with Gasteiger partial charge >= 0.3 is 0 Å². The molecule has 2 aromatic rings. The zero-order valence-electron chi connectivity index (χ0n) is 13.7. The van der Waals surface area contributed by atoms with E-state index in [9.17, 15) is 9.59 Å². The minimum Gasteiger partial charge on any atom is -0.325 e. The maximum absolute atomic E-state index is 12.6. The van der Waals surface area contributed by atoms with Crippen LogP contribution in [0.3, 0.4) is 0 Å². The molecule has 3 rings (SSSR count). The van der Waals surface area contributed by atoms with Crippen molar-refractivity contribution in [1.29, 1.82) is 0 Å². The zero-order valence-corrected chi connectivity index (χ0v) is 17.5. The lowest BCUT2D eigenvalue weighted by molar-refractivity contribution is -0.122. The second-order valence-corrected chi connectivity index (χ2v) is 8.10. The van der Waals surface area contributed by atoms with Gasteiger partial charge in [-0.05, 0) is 58.7 Å². The number of halogens is 4. The van der Waals surface area contributed by atoms with Crippen LogP contribution in [0.5, 0.6) is 0 Å². The summed E-state index contributed by atoms with van der Waals surface area (Å²) >= 11 is 21.7. The van der Waals surface area contributed by atoms with Crippen molar-refractivity contribution < 1.29 is 9.59 Å². The number of hydrogen-bond donors (Lipinski definition) is 1. The molecule has 136 valence electrons. The summed E-state index contributed by atoms with van der Waals surface area (Å²) < 4.78 is 0.757. The molecule has 1 fully saturated rings. The minimum atomic E-state index is -0.487. The summed E-state index contributed by atoms with van der Waals surface area (Å²) in [5, 5.41) is 4.29. The average Bonchev–Trinajstić information content (AvgIpc) is 2.99. The lowest BCUT2D eigenvalue weighted by Crippen LogP contribution is -2.28. The normalized spacial score (nSPS) is 16.9. The Morgan fingerprint density at radius 2 is 1.96 bits per heavy atom. The molecule has 1 heterocycles. The number of rotatable bonds is 3. The summed E-state index contributed by atoms with van der Waals surface area (Å²) in [7, 11) is 0. The van der Waals surface area contributed by atoms with E-state index in [1.54, 1.807) is 30.3 Å². The second-order valence-electron chi connectivity index (χ2n) is 6.02. The van der Waals surface area contributed by atoms with Crippen molar-refractivity contribution in [1.82, 2.24) is 0 Å². The highest BCUT2D eigenvalue weighted by Gasteiger charge is 2.36. The number of amides is 2. The van der Waals surface area contributed by atoms with E-state index in [-0.39, 0.29) is 24.8 Å². The van der Waals surface area contributed by atoms with Gasteiger partial charge in [0.1, 0.15) is 0 Å². The first-order chi connectivity index (χ1) is 12.3. The summed E-state index contributed by atoms with van der Waals surface area (Å²) in [6.45, 7) is 2.06. The molecule has 0 aliphatic carbocycles. The van der Waals surface area contributed by atoms with Gasteiger partial charge < -0.3 is 10.2 Å². The summed E-state index contributed by atoms with van der Waals surface area (Å²) in [6.07, 6.45) is 0.109. The van der Waals surface area contributed by atoms with E-state index in [2.05, 4.69) is 21.2 Å². The summed E-state index contributed by atoms with van der Waals surface area (Å²) in [4.78, 5) is 26.5. The van der Waals surface area contributed by atoms with Gasteiger partial charge in [-0.3, -0.25) is 9.59 Å². The Morgan fingerprint density at radius 1 is 1.23 bits per heavy atom. The molecule has 1 aliphatic rings. The third-order valence-corrected chi connectivity index (χ3v) is 6.22. The van der Waals surface area contributed by atoms with Crippen molar-refractivity contribution in [3.63, 3.8) is 0 Å². The number of nitrogens with one attached hydrogen (secondary N) is 1. The van der Waals surface area contributed by atoms with Gasteiger partial charge in [0.25, 0.3) is 0 Å². The van der Waals surface area contributed by atoms with Gasteiger partial charge in [0.15, 0.2) is 0 Å². The van der Waals surface area contributed by atoms with Crippen LogP contribution in [0.25, 0.3) is 0 Å². The SMILES string of the molecule is Cc1c(NC(=O)[C@H]2CC(=O)N(c3cc(Cl)ccc3Cl)C2)ccc(Br)c1Cl. The molecule has 0 spiro atoms. The highest BCUT2D eigenvalue weighted by Crippen LogP contribution is 2.35. The fourth-order valence-corrected chi connectivity index (χ4v) is 3.81. The van der Waals surface area contributed by atoms with E-state index in [4.69, 9.17) is 34.8 Å². The first kappa shape index (κ1) is 19.5. The third-order valence-electron chi connectivity index (χ3n) is 4.29. The fraction of sp³-hybridized carbons (Fsp3) is 0.222. The first-order valence-electron chi connectivity index (χ1n) is 7.79. The molecule has 26 heavy (non-hydrogen) atoms. The van der Waals surface area contributed by atoms with Crippen LogP contribution in [0.2, 0.25) is 15.1 Å². The summed E-state index contributed by atoms with van der Waals surface area (Å²) in [6, 6.07) is 8.44. The monoisotopic (exact) mass is 474 g/mol. The van der Waals surface area contributed by atoms with Crippen LogP contribution in [-0.4, -0.2) is 18.4 Å². The van der Waals surface area contributed by atoms with E-state index in [1.165, 1.54) is 4.90 Å². The second kappa shape index (κ2) is 7.77. The highest BCUT2D eigenvalue weighted by molar-refractivity contribution is 9.10. The van der Waals surface area contributed by atoms with Crippen LogP contribution >= 0.6 is 50.7 Å². The van der Waals surface area contributed by atoms with Crippen LogP contribution in [0.1, 0.15) is 12.0 Å². The van der Waals surface area contributed by atoms with Crippen LogP contribution in [-0.2, 0) is 9.59 Å². The zero-order chi connectivity index (χ0) is 19.0. The Balaban J connectivity index is 1.77. The van der Waals surface area contributed by atoms with Crippen molar-refractivity contribution in [2.75, 3.05) is 16.8 Å². The number of hydrogen-bond acceptors (Lipinski definition) is 2. The highest BCUT2D eigenvalue weighted by atomic mass is 79.9. The van der Waals surface area contributed by atoms with Gasteiger partial charge in [0.2, 0.25) is 11.8 Å². The Bertz CT molecular complexity index is 904. The lowest BCUT2D eigenvalue weighted by atomic mass is 10.1. The molecule has 8 heteroatoms. The van der Waals surface area contributed by atoms with Crippen molar-refractivity contribution in [2.45, 2.75) is 13.3 Å². The van der Waals surface area contributed by atoms with E-state index < -0.39 is 5.92 Å². The smallest absolute Gasteiger partial charge is 0.229 e. The molecule has 1 aliphatic heterocycles. The van der Waals surface area contributed by atoms with E-state index in [0.717, 1.165) is 10.0 Å². The fourth-order valence-electron chi connectivity index (χ4n) is 2.83. The molecule has 2 amide bonds. The molecule has 2 aromatic carbocycles. The predicted octanol–water partition coefficient (Wildman–Crippen LogP) is 5.71. The molecule has 0 radical (unpaired) electrons. The molecule has 0 bridgehead atoms. The molecule has 0 saturated carbocycles. The van der Waals surface area contributed by atoms with Crippen LogP contribution < -0.4 is 10.2 Å². The Morgan fingerprint density at radius 3 is 2.69 bits per heavy atom. The third kappa shape index (κ3) is 3.86. The number of benzene rings is 2. The van der Waals surface area contributed by atoms with Gasteiger partial charge in [-0.15, -0.1) is 0 Å². The van der Waals surface area contributed by atoms with E-state index in [1.807, 2.05) is 6.92 Å². The first-order valence-corrected chi connectivity index (χ1v) is 9.71. The average molecular weight is 477 g/mol. The van der Waals surface area contributed by atoms with Crippen molar-refractivity contribution in [2.24, 2.45) is 5.92 Å². The van der Waals surface area contributed by atoms with Crippen molar-refractivity contribution >= 4 is 73.9 Å². The van der Waals surface area contributed by atoms with Crippen molar-refractivity contribution in [3.05, 3.63) is 55.4 Å². The lowest BCUT2D eigenvalue weighted by Gasteiger charge is -2.18. The van der Waals surface area contributed by atoms with Gasteiger partial charge in [-0.2, -0.15) is 0 Å². The van der Waals surface area contributed by atoms with Gasteiger partial charge in [0, 0.05) is 28.1 Å². The molecule has 1 saturated heterocycles. The van der Waals surface area contributed by atoms with Crippen LogP contribution in [0, 0.1) is 12.8 Å². The molecule has 4 nitrogen and oxygen atoms in total. The Hall–Kier alpha value is -1.27. The number of carbonyl (C=O) groups excluding carboxylic acids is 2. The molecular weight excluding hydrogens is 462 g/mol. The maximum Gasteiger partial charge on any atom is 0.229 e. The van der Waals surface area contributed by atoms with E-state index >= 15 is 0 Å². The number of anilines is 2. The Kier molecular flexibility index (Phi) is 5.82. The largest absolute Gasteiger partial charge is 0.325 e. The van der Waals surface area contributed by atoms with Gasteiger partial charge in [0.05, 0.1) is 21.7 Å². The Labute approximate surface area is 174 Å². The van der Waals surface area contributed by atoms with Gasteiger partial charge in [-0.25, -0.2) is 0 Å². The molecular formula is C18H14BrCl3N2O2. The van der Waals surface area contributed by atoms with Crippen molar-refractivity contribution in [3.8, 4) is 0 Å². The van der Waals surface area contributed by atoms with Crippen LogP contribution in [0.15, 0.2) is 34.8 Å². The molecule has 0 unspecified atom stereocenters. The van der Waals surface area contributed by atoms with Crippen LogP contribution in [0.4, 0.5) is 11.4 Å². The summed E-state index contributed by atoms with van der Waals surface area (Å²) in [5.41, 5.74) is 1.89. The standard InChI is InChI=1S/C18H14BrCl3N2O2/c1-9-14(5-3-12(19)17(9)22)23-18(26)10-6-16(25)24(8-10)15-7-11(20)2-4-13(15)21/h2-5,7,10H,6,8H2,1H3,(H,23,26)/t10-/m0/s1. The minimum absolute atomic E-state index is 0.109. The quantitative estimate of drug-likeness (QED) is 0.617. The van der Waals surface area contributed by atoms with E-state index in [0.29, 0.717) is 26.4 Å². The maximum atomic E-state index is 12.6. The topological polar surface area (TPSA) is 49.4 Å². The number of nitrogens with zero attached hydrogens (tertiary/aromatic N) is 1. The molecule has 0 aromatic heterocycles. The molecule has 1 atom stereocenters. The molecule has 1 N–H and O–H groups in total. The predicted molar refractivity (Wildman–Crippen MR) is 109 cm³/mol.